The molecule has 2 N–H and O–H groups in total. The minimum Gasteiger partial charge on any atom is -0.389 e. The first kappa shape index (κ1) is 19.7. The maximum atomic E-state index is 9.67. The number of hydrogen-bond donors (Lipinski definition) is 2. The molecule has 0 aliphatic carbocycles. The summed E-state index contributed by atoms with van der Waals surface area (Å²) < 4.78 is 1.80. The van der Waals surface area contributed by atoms with E-state index in [9.17, 15) is 5.11 Å². The Labute approximate surface area is 182 Å². The molecule has 6 nitrogen and oxygen atoms in total. The summed E-state index contributed by atoms with van der Waals surface area (Å²) in [6, 6.07) is 20.5. The summed E-state index contributed by atoms with van der Waals surface area (Å²) in [5, 5.41) is 17.5. The molecular formula is C25H27N5O. The average molecular weight is 414 g/mol. The number of anilines is 2. The molecule has 5 rings (SSSR count). The Bertz CT molecular complexity index is 1170. The average Bonchev–Trinajstić information content (AvgIpc) is 3.16. The lowest BCUT2D eigenvalue weighted by Crippen LogP contribution is -2.44. The van der Waals surface area contributed by atoms with Crippen LogP contribution in [0.15, 0.2) is 66.9 Å². The van der Waals surface area contributed by atoms with Gasteiger partial charge in [-0.3, -0.25) is 4.90 Å². The molecule has 0 radical (unpaired) electrons. The Morgan fingerprint density at radius 2 is 1.81 bits per heavy atom. The number of aliphatic hydroxyl groups excluding tert-OH is 1. The van der Waals surface area contributed by atoms with Gasteiger partial charge in [0.25, 0.3) is 0 Å². The zero-order valence-corrected chi connectivity index (χ0v) is 17.9. The molecule has 1 unspecified atom stereocenters. The van der Waals surface area contributed by atoms with Crippen LogP contribution >= 0.6 is 0 Å². The summed E-state index contributed by atoms with van der Waals surface area (Å²) in [6.07, 6.45) is 1.43. The van der Waals surface area contributed by atoms with Crippen molar-refractivity contribution in [2.24, 2.45) is 5.92 Å². The van der Waals surface area contributed by atoms with Crippen LogP contribution in [0.3, 0.4) is 0 Å². The molecule has 1 saturated heterocycles. The summed E-state index contributed by atoms with van der Waals surface area (Å²) in [5.74, 6) is 1.37. The van der Waals surface area contributed by atoms with Crippen molar-refractivity contribution in [2.45, 2.75) is 26.5 Å². The maximum absolute atomic E-state index is 9.67. The van der Waals surface area contributed by atoms with Crippen molar-refractivity contribution >= 4 is 17.3 Å². The van der Waals surface area contributed by atoms with Crippen molar-refractivity contribution in [1.29, 1.82) is 0 Å². The lowest BCUT2D eigenvalue weighted by molar-refractivity contribution is 0.105. The molecule has 31 heavy (non-hydrogen) atoms. The molecule has 158 valence electrons. The van der Waals surface area contributed by atoms with Crippen molar-refractivity contribution < 1.29 is 5.11 Å². The summed E-state index contributed by atoms with van der Waals surface area (Å²) in [6.45, 7) is 7.45. The Kier molecular flexibility index (Phi) is 5.18. The summed E-state index contributed by atoms with van der Waals surface area (Å²) in [7, 11) is 0. The zero-order valence-electron chi connectivity index (χ0n) is 17.9. The van der Waals surface area contributed by atoms with Crippen molar-refractivity contribution in [3.05, 3.63) is 78.0 Å². The van der Waals surface area contributed by atoms with Gasteiger partial charge in [-0.15, -0.1) is 5.10 Å². The van der Waals surface area contributed by atoms with Crippen molar-refractivity contribution in [1.82, 2.24) is 19.5 Å². The normalized spacial score (nSPS) is 15.7. The van der Waals surface area contributed by atoms with E-state index < -0.39 is 6.10 Å². The highest BCUT2D eigenvalue weighted by atomic mass is 16.3. The van der Waals surface area contributed by atoms with Crippen LogP contribution in [0.5, 0.6) is 0 Å². The fraction of sp³-hybridized carbons (Fsp3) is 0.280. The molecule has 1 aliphatic rings. The number of aromatic nitrogens is 3. The third-order valence-corrected chi connectivity index (χ3v) is 5.82. The van der Waals surface area contributed by atoms with Gasteiger partial charge >= 0.3 is 0 Å². The predicted octanol–water partition coefficient (Wildman–Crippen LogP) is 4.64. The van der Waals surface area contributed by atoms with Crippen LogP contribution < -0.4 is 5.32 Å². The van der Waals surface area contributed by atoms with Gasteiger partial charge in [0.05, 0.1) is 6.10 Å². The molecule has 2 aromatic carbocycles. The van der Waals surface area contributed by atoms with Gasteiger partial charge in [-0.25, -0.2) is 4.52 Å². The standard InChI is InChI=1S/C25H27N5O/c1-17-14-29(15-17)16-19-5-7-21(8-6-19)23-4-3-13-30-24(23)27-25(28-30)26-22-11-9-20(10-12-22)18(2)31/h3-13,17-18,31H,14-16H2,1-2H3,(H,26,28). The van der Waals surface area contributed by atoms with Crippen LogP contribution in [0, 0.1) is 5.92 Å². The van der Waals surface area contributed by atoms with E-state index >= 15 is 0 Å². The van der Waals surface area contributed by atoms with Crippen molar-refractivity contribution in [3.63, 3.8) is 0 Å². The van der Waals surface area contributed by atoms with Gasteiger partial charge in [0.15, 0.2) is 5.65 Å². The highest BCUT2D eigenvalue weighted by molar-refractivity contribution is 5.78. The van der Waals surface area contributed by atoms with Gasteiger partial charge in [0.1, 0.15) is 0 Å². The quantitative estimate of drug-likeness (QED) is 0.482. The number of fused-ring (bicyclic) bond motifs is 1. The highest BCUT2D eigenvalue weighted by Crippen LogP contribution is 2.26. The molecule has 0 amide bonds. The number of benzene rings is 2. The van der Waals surface area contributed by atoms with E-state index in [1.165, 1.54) is 18.7 Å². The third kappa shape index (κ3) is 4.17. The van der Waals surface area contributed by atoms with Gasteiger partial charge in [0, 0.05) is 37.1 Å². The van der Waals surface area contributed by atoms with E-state index in [1.807, 2.05) is 36.5 Å². The zero-order chi connectivity index (χ0) is 21.4. The molecule has 1 aliphatic heterocycles. The smallest absolute Gasteiger partial charge is 0.247 e. The predicted molar refractivity (Wildman–Crippen MR) is 123 cm³/mol. The van der Waals surface area contributed by atoms with Crippen LogP contribution in [0.25, 0.3) is 16.8 Å². The minimum atomic E-state index is -0.481. The van der Waals surface area contributed by atoms with E-state index in [0.717, 1.165) is 40.5 Å². The first-order chi connectivity index (χ1) is 15.0. The molecule has 1 atom stereocenters. The van der Waals surface area contributed by atoms with Crippen LogP contribution in [0.4, 0.5) is 11.6 Å². The molecule has 0 saturated carbocycles. The largest absolute Gasteiger partial charge is 0.389 e. The van der Waals surface area contributed by atoms with Crippen LogP contribution in [-0.4, -0.2) is 37.7 Å². The lowest BCUT2D eigenvalue weighted by atomic mass is 10.0. The van der Waals surface area contributed by atoms with Gasteiger partial charge in [-0.1, -0.05) is 43.3 Å². The number of nitrogens with one attached hydrogen (secondary N) is 1. The third-order valence-electron chi connectivity index (χ3n) is 5.82. The summed E-state index contributed by atoms with van der Waals surface area (Å²) in [5.41, 5.74) is 6.10. The summed E-state index contributed by atoms with van der Waals surface area (Å²) in [4.78, 5) is 7.20. The number of nitrogens with zero attached hydrogens (tertiary/aromatic N) is 4. The number of rotatable bonds is 6. The van der Waals surface area contributed by atoms with Crippen molar-refractivity contribution in [2.75, 3.05) is 18.4 Å². The van der Waals surface area contributed by atoms with Gasteiger partial charge in [0.2, 0.25) is 5.95 Å². The Balaban J connectivity index is 1.36. The van der Waals surface area contributed by atoms with Crippen LogP contribution in [0.1, 0.15) is 31.1 Å². The SMILES string of the molecule is CC1CN(Cc2ccc(-c3cccn4nc(Nc5ccc(C(C)O)cc5)nc34)cc2)C1. The Hall–Kier alpha value is -3.22. The first-order valence-corrected chi connectivity index (χ1v) is 10.8. The fourth-order valence-corrected chi connectivity index (χ4v) is 4.16. The monoisotopic (exact) mass is 413 g/mol. The van der Waals surface area contributed by atoms with E-state index in [1.54, 1.807) is 11.4 Å². The second-order valence-electron chi connectivity index (χ2n) is 8.54. The number of likely N-dealkylation sites (tertiary alicyclic amines) is 1. The van der Waals surface area contributed by atoms with Crippen LogP contribution in [-0.2, 0) is 6.54 Å². The van der Waals surface area contributed by atoms with Crippen molar-refractivity contribution in [3.8, 4) is 11.1 Å². The minimum absolute atomic E-state index is 0.481. The van der Waals surface area contributed by atoms with E-state index in [0.29, 0.717) is 5.95 Å². The molecular weight excluding hydrogens is 386 g/mol. The molecule has 0 spiro atoms. The number of aliphatic hydroxyl groups is 1. The molecule has 1 fully saturated rings. The maximum Gasteiger partial charge on any atom is 0.247 e. The summed E-state index contributed by atoms with van der Waals surface area (Å²) >= 11 is 0. The van der Waals surface area contributed by atoms with E-state index in [4.69, 9.17) is 4.98 Å². The lowest BCUT2D eigenvalue weighted by Gasteiger charge is -2.37. The van der Waals surface area contributed by atoms with Crippen LogP contribution in [0.2, 0.25) is 0 Å². The first-order valence-electron chi connectivity index (χ1n) is 10.8. The Morgan fingerprint density at radius 1 is 1.06 bits per heavy atom. The van der Waals surface area contributed by atoms with Gasteiger partial charge < -0.3 is 10.4 Å². The van der Waals surface area contributed by atoms with E-state index in [2.05, 4.69) is 52.6 Å². The second kappa shape index (κ2) is 8.13. The fourth-order valence-electron chi connectivity index (χ4n) is 4.16. The highest BCUT2D eigenvalue weighted by Gasteiger charge is 2.22. The molecule has 4 aromatic rings. The van der Waals surface area contributed by atoms with Gasteiger partial charge in [-0.05, 0) is 53.8 Å². The Morgan fingerprint density at radius 3 is 2.48 bits per heavy atom. The number of pyridine rings is 1. The van der Waals surface area contributed by atoms with Gasteiger partial charge in [-0.2, -0.15) is 4.98 Å². The molecule has 2 aromatic heterocycles. The topological polar surface area (TPSA) is 65.7 Å². The number of hydrogen-bond acceptors (Lipinski definition) is 5. The second-order valence-corrected chi connectivity index (χ2v) is 8.54. The molecule has 6 heteroatoms. The van der Waals surface area contributed by atoms with E-state index in [-0.39, 0.29) is 0 Å². The molecule has 3 heterocycles. The molecule has 0 bridgehead atoms.